The van der Waals surface area contributed by atoms with Crippen LogP contribution in [0.2, 0.25) is 0 Å². The quantitative estimate of drug-likeness (QED) is 0.136. The minimum Gasteiger partial charge on any atom is -0.510 e. The fourth-order valence-corrected chi connectivity index (χ4v) is 7.71. The molecule has 54 heavy (non-hydrogen) atoms. The van der Waals surface area contributed by atoms with E-state index < -0.39 is 99.1 Å². The van der Waals surface area contributed by atoms with Crippen molar-refractivity contribution in [1.82, 2.24) is 10.3 Å². The van der Waals surface area contributed by atoms with Crippen molar-refractivity contribution in [1.29, 1.82) is 0 Å². The molecule has 3 aliphatic rings. The van der Waals surface area contributed by atoms with Crippen LogP contribution in [0.15, 0.2) is 95.5 Å². The third-order valence-electron chi connectivity index (χ3n) is 10.1. The summed E-state index contributed by atoms with van der Waals surface area (Å²) in [6, 6.07) is 18.1. The lowest BCUT2D eigenvalue weighted by Crippen LogP contribution is -2.68. The van der Waals surface area contributed by atoms with Crippen molar-refractivity contribution in [3.8, 4) is 5.75 Å². The number of nitrogens with two attached hydrogens (primary N) is 1. The number of likely N-dealkylation sites (N-methyl/N-ethyl adjacent to an activating group) is 1. The van der Waals surface area contributed by atoms with Gasteiger partial charge in [-0.25, -0.2) is 15.0 Å². The summed E-state index contributed by atoms with van der Waals surface area (Å²) in [5.41, 5.74) is 3.41. The molecule has 6 atom stereocenters. The summed E-state index contributed by atoms with van der Waals surface area (Å²) in [4.78, 5) is 68.8. The SMILES string of the molecule is C[C@@H]1c2c(N(NC(=O)OCc3ccccc3)C(=O)OCc3ccccc3)ccc(O)c2C(=O)C2=C(O)[C@@]3(O)C(=O)C(C(N)=O)=C(O)[C@@H](N(C)C)[C@@H]3[C@H](O)[C@H]21. The minimum atomic E-state index is -3.12. The van der Waals surface area contributed by atoms with Gasteiger partial charge in [-0.2, -0.15) is 5.01 Å². The number of amides is 3. The van der Waals surface area contributed by atoms with Gasteiger partial charge in [-0.1, -0.05) is 67.6 Å². The molecule has 0 saturated carbocycles. The number of aliphatic hydroxyl groups is 4. The lowest BCUT2D eigenvalue weighted by atomic mass is 9.55. The second-order valence-electron chi connectivity index (χ2n) is 13.5. The molecule has 0 saturated heterocycles. The number of rotatable bonds is 7. The van der Waals surface area contributed by atoms with Gasteiger partial charge in [-0.15, -0.1) is 0 Å². The number of ether oxygens (including phenoxy) is 2. The third kappa shape index (κ3) is 6.09. The first-order valence-corrected chi connectivity index (χ1v) is 16.8. The summed E-state index contributed by atoms with van der Waals surface area (Å²) < 4.78 is 10.9. The Labute approximate surface area is 308 Å². The third-order valence-corrected chi connectivity index (χ3v) is 10.1. The largest absolute Gasteiger partial charge is 0.510 e. The molecule has 0 radical (unpaired) electrons. The van der Waals surface area contributed by atoms with Crippen molar-refractivity contribution in [2.45, 2.75) is 43.8 Å². The number of fused-ring (bicyclic) bond motifs is 3. The molecule has 3 amide bonds. The average molecular weight is 743 g/mol. The molecular weight excluding hydrogens is 704 g/mol. The van der Waals surface area contributed by atoms with E-state index in [9.17, 15) is 49.5 Å². The lowest BCUT2D eigenvalue weighted by molar-refractivity contribution is -0.162. The smallest absolute Gasteiger partial charge is 0.433 e. The van der Waals surface area contributed by atoms with Gasteiger partial charge >= 0.3 is 12.2 Å². The predicted molar refractivity (Wildman–Crippen MR) is 189 cm³/mol. The van der Waals surface area contributed by atoms with Crippen molar-refractivity contribution < 1.29 is 59.0 Å². The van der Waals surface area contributed by atoms with Gasteiger partial charge in [0.15, 0.2) is 11.4 Å². The molecule has 3 aromatic carbocycles. The minimum absolute atomic E-state index is 0.0906. The maximum absolute atomic E-state index is 14.4. The zero-order valence-electron chi connectivity index (χ0n) is 29.3. The summed E-state index contributed by atoms with van der Waals surface area (Å²) in [6.07, 6.45) is -4.14. The fraction of sp³-hybridized carbons (Fsp3) is 0.289. The number of aliphatic hydroxyl groups excluding tert-OH is 3. The predicted octanol–water partition coefficient (Wildman–Crippen LogP) is 2.64. The van der Waals surface area contributed by atoms with Crippen molar-refractivity contribution in [3.05, 3.63) is 118 Å². The normalized spacial score (nSPS) is 24.7. The highest BCUT2D eigenvalue weighted by Crippen LogP contribution is 2.56. The Balaban J connectivity index is 1.47. The molecule has 0 aromatic heterocycles. The lowest BCUT2D eigenvalue weighted by Gasteiger charge is -2.53. The standard InChI is InChI=1S/C38H38N4O12/c1-18-23-21(42(37(51)54-17-20-12-8-5-9-13-20)40-36(50)53-16-19-10-6-4-7-11-19)14-15-22(43)25(23)30(44)26-24(18)31(45)28-29(41(2)3)32(46)27(35(39)49)34(48)38(28,52)33(26)47/h4-15,18,24,28-29,31,43,45-47,52H,16-17H2,1-3H3,(H2,39,49)(H,40,50)/t18-,24+,28-,29+,31-,38-/m1/s1. The van der Waals surface area contributed by atoms with E-state index in [1.165, 1.54) is 32.0 Å². The Morgan fingerprint density at radius 1 is 0.889 bits per heavy atom. The van der Waals surface area contributed by atoms with Crippen LogP contribution in [0.4, 0.5) is 15.3 Å². The second kappa shape index (κ2) is 14.3. The zero-order valence-corrected chi connectivity index (χ0v) is 29.3. The number of hydrazine groups is 1. The van der Waals surface area contributed by atoms with Crippen LogP contribution >= 0.6 is 0 Å². The number of aromatic hydroxyl groups is 1. The van der Waals surface area contributed by atoms with E-state index in [2.05, 4.69) is 5.43 Å². The molecule has 6 rings (SSSR count). The number of carbonyl (C=O) groups is 5. The number of hydrogen-bond donors (Lipinski definition) is 7. The van der Waals surface area contributed by atoms with Crippen LogP contribution in [-0.2, 0) is 32.3 Å². The van der Waals surface area contributed by atoms with E-state index in [1.807, 2.05) is 0 Å². The topological polar surface area (TPSA) is 249 Å². The second-order valence-corrected chi connectivity index (χ2v) is 13.5. The van der Waals surface area contributed by atoms with E-state index >= 15 is 0 Å². The Bertz CT molecular complexity index is 2100. The maximum Gasteiger partial charge on any atom is 0.433 e. The molecular formula is C38H38N4O12. The van der Waals surface area contributed by atoms with Crippen LogP contribution in [0.1, 0.15) is 39.9 Å². The molecule has 0 spiro atoms. The molecule has 0 fully saturated rings. The van der Waals surface area contributed by atoms with Crippen molar-refractivity contribution in [2.24, 2.45) is 17.6 Å². The molecule has 0 bridgehead atoms. The van der Waals surface area contributed by atoms with Gasteiger partial charge in [0.1, 0.15) is 36.1 Å². The van der Waals surface area contributed by atoms with Gasteiger partial charge in [-0.3, -0.25) is 19.3 Å². The molecule has 16 heteroatoms. The summed E-state index contributed by atoms with van der Waals surface area (Å²) in [6.45, 7) is 1.07. The molecule has 0 unspecified atom stereocenters. The summed E-state index contributed by atoms with van der Waals surface area (Å²) in [5.74, 6) is -11.2. The van der Waals surface area contributed by atoms with Gasteiger partial charge in [0.25, 0.3) is 5.91 Å². The van der Waals surface area contributed by atoms with Crippen LogP contribution in [0.5, 0.6) is 5.75 Å². The van der Waals surface area contributed by atoms with Gasteiger partial charge in [0.05, 0.1) is 29.3 Å². The van der Waals surface area contributed by atoms with Crippen LogP contribution < -0.4 is 16.2 Å². The van der Waals surface area contributed by atoms with Gasteiger partial charge < -0.3 is 40.7 Å². The maximum atomic E-state index is 14.4. The Morgan fingerprint density at radius 2 is 1.46 bits per heavy atom. The highest BCUT2D eigenvalue weighted by Gasteiger charge is 2.67. The number of nitrogens with one attached hydrogen (secondary N) is 1. The van der Waals surface area contributed by atoms with Crippen LogP contribution in [0.3, 0.4) is 0 Å². The Kier molecular flexibility index (Phi) is 9.94. The molecule has 16 nitrogen and oxygen atoms in total. The van der Waals surface area contributed by atoms with Gasteiger partial charge in [0, 0.05) is 11.5 Å². The summed E-state index contributed by atoms with van der Waals surface area (Å²) in [5, 5.41) is 58.7. The monoisotopic (exact) mass is 742 g/mol. The van der Waals surface area contributed by atoms with E-state index in [1.54, 1.807) is 60.7 Å². The number of hydrogen-bond acceptors (Lipinski definition) is 13. The van der Waals surface area contributed by atoms with E-state index in [0.717, 1.165) is 6.07 Å². The number of ketones is 2. The first-order chi connectivity index (χ1) is 25.6. The number of benzene rings is 3. The molecule has 0 heterocycles. The average Bonchev–Trinajstić information content (AvgIpc) is 3.14. The first kappa shape index (κ1) is 37.5. The number of Topliss-reactive ketones (excluding diaryl/α,β-unsaturated/α-hetero) is 2. The summed E-state index contributed by atoms with van der Waals surface area (Å²) in [7, 11) is 2.84. The van der Waals surface area contributed by atoms with Crippen molar-refractivity contribution >= 4 is 35.3 Å². The number of nitrogens with zero attached hydrogens (tertiary/aromatic N) is 2. The number of carbonyl (C=O) groups excluding carboxylic acids is 5. The number of phenols is 1. The van der Waals surface area contributed by atoms with Crippen LogP contribution in [0, 0.1) is 11.8 Å². The van der Waals surface area contributed by atoms with Crippen LogP contribution in [0.25, 0.3) is 0 Å². The molecule has 0 aliphatic heterocycles. The Morgan fingerprint density at radius 3 is 2.02 bits per heavy atom. The Hall–Kier alpha value is -6.23. The number of phenolic OH excluding ortho intramolecular Hbond substituents is 1. The zero-order chi connectivity index (χ0) is 39.2. The van der Waals surface area contributed by atoms with Crippen molar-refractivity contribution in [3.63, 3.8) is 0 Å². The van der Waals surface area contributed by atoms with Crippen molar-refractivity contribution in [2.75, 3.05) is 19.1 Å². The number of primary amides is 1. The highest BCUT2D eigenvalue weighted by atomic mass is 16.6. The molecule has 282 valence electrons. The molecule has 3 aromatic rings. The highest BCUT2D eigenvalue weighted by molar-refractivity contribution is 6.25. The van der Waals surface area contributed by atoms with E-state index in [4.69, 9.17) is 15.2 Å². The molecule has 3 aliphatic carbocycles. The fourth-order valence-electron chi connectivity index (χ4n) is 7.71. The first-order valence-electron chi connectivity index (χ1n) is 16.8. The van der Waals surface area contributed by atoms with E-state index in [0.29, 0.717) is 16.1 Å². The van der Waals surface area contributed by atoms with Gasteiger partial charge in [-0.05, 0) is 48.8 Å². The van der Waals surface area contributed by atoms with E-state index in [-0.39, 0.29) is 24.5 Å². The number of anilines is 1. The van der Waals surface area contributed by atoms with Crippen LogP contribution in [-0.4, -0.2) is 91.9 Å². The molecule has 8 N–H and O–H groups in total. The summed E-state index contributed by atoms with van der Waals surface area (Å²) >= 11 is 0. The van der Waals surface area contributed by atoms with Gasteiger partial charge in [0.2, 0.25) is 5.78 Å².